The number of allylic oxidation sites excluding steroid dienone is 1. The van der Waals surface area contributed by atoms with Gasteiger partial charge in [-0.15, -0.1) is 0 Å². The predicted molar refractivity (Wildman–Crippen MR) is 149 cm³/mol. The summed E-state index contributed by atoms with van der Waals surface area (Å²) in [5.41, 5.74) is 2.45. The molecule has 0 radical (unpaired) electrons. The molecule has 3 nitrogen and oxygen atoms in total. The van der Waals surface area contributed by atoms with E-state index >= 15 is 0 Å². The van der Waals surface area contributed by atoms with Crippen molar-refractivity contribution in [1.82, 2.24) is 0 Å². The molecule has 198 valence electrons. The highest BCUT2D eigenvalue weighted by atomic mass is 33.1. The van der Waals surface area contributed by atoms with Crippen molar-refractivity contribution in [2.24, 2.45) is 40.4 Å². The number of fused-ring (bicyclic) bond motifs is 5. The largest absolute Gasteiger partial charge is 0.461 e. The zero-order valence-corrected chi connectivity index (χ0v) is 24.2. The molecule has 0 aromatic heterocycles. The van der Waals surface area contributed by atoms with E-state index in [1.807, 2.05) is 0 Å². The molecule has 0 N–H and O–H groups in total. The molecule has 0 aromatic rings. The predicted octanol–water partition coefficient (Wildman–Crippen LogP) is 8.27. The van der Waals surface area contributed by atoms with Gasteiger partial charge in [0.15, 0.2) is 0 Å². The molecule has 0 saturated heterocycles. The highest BCUT2D eigenvalue weighted by Crippen LogP contribution is 2.66. The number of hydrogen-bond donors (Lipinski definition) is 0. The van der Waals surface area contributed by atoms with Crippen LogP contribution in [0, 0.1) is 40.4 Å². The third-order valence-corrected chi connectivity index (χ3v) is 12.6. The van der Waals surface area contributed by atoms with E-state index < -0.39 is 0 Å². The maximum absolute atomic E-state index is 12.3. The normalized spacial score (nSPS) is 38.3. The molecule has 3 saturated carbocycles. The summed E-state index contributed by atoms with van der Waals surface area (Å²) < 4.78 is 5.86. The zero-order valence-electron chi connectivity index (χ0n) is 22.6. The lowest BCUT2D eigenvalue weighted by molar-refractivity contribution is -0.148. The first-order valence-electron chi connectivity index (χ1n) is 14.3. The fourth-order valence-electron chi connectivity index (χ4n) is 8.64. The Bertz CT molecular complexity index is 780. The van der Waals surface area contributed by atoms with Gasteiger partial charge in [0.2, 0.25) is 0 Å². The van der Waals surface area contributed by atoms with Crippen LogP contribution < -0.4 is 0 Å². The van der Waals surface area contributed by atoms with Crippen LogP contribution in [0.3, 0.4) is 0 Å². The number of esters is 1. The standard InChI is InChI=1S/C30H48O3S2/c1-21(2)7-5-6-8-22-10-12-26-25-11-9-23-19-24(33-28(32)20-35-34-18-17-31)13-15-30(23,4)27(25)14-16-29(22,26)3/h9,17,21-22,24-27H,5-8,10-16,18-20H2,1-4H3. The summed E-state index contributed by atoms with van der Waals surface area (Å²) in [6, 6.07) is 0. The zero-order chi connectivity index (χ0) is 25.1. The van der Waals surface area contributed by atoms with Gasteiger partial charge in [-0.1, -0.05) is 80.2 Å². The first-order valence-corrected chi connectivity index (χ1v) is 16.8. The fraction of sp³-hybridized carbons (Fsp3) is 0.867. The lowest BCUT2D eigenvalue weighted by atomic mass is 9.47. The summed E-state index contributed by atoms with van der Waals surface area (Å²) in [4.78, 5) is 22.7. The Kier molecular flexibility index (Phi) is 9.44. The summed E-state index contributed by atoms with van der Waals surface area (Å²) in [5.74, 6) is 4.98. The molecular weight excluding hydrogens is 472 g/mol. The van der Waals surface area contributed by atoms with Crippen molar-refractivity contribution in [3.05, 3.63) is 11.6 Å². The number of aldehydes is 1. The third-order valence-electron chi connectivity index (χ3n) is 10.5. The molecule has 5 heteroatoms. The van der Waals surface area contributed by atoms with Gasteiger partial charge in [0.05, 0.1) is 5.75 Å². The SMILES string of the molecule is CC(C)CCCCC1CCC2C3CC=C4CC(OC(=O)CSSCC=O)CCC4(C)C3CCC12C. The van der Waals surface area contributed by atoms with Crippen LogP contribution >= 0.6 is 21.6 Å². The molecule has 0 bridgehead atoms. The van der Waals surface area contributed by atoms with Gasteiger partial charge < -0.3 is 9.53 Å². The van der Waals surface area contributed by atoms with Crippen LogP contribution in [0.25, 0.3) is 0 Å². The summed E-state index contributed by atoms with van der Waals surface area (Å²) in [6.07, 6.45) is 19.2. The summed E-state index contributed by atoms with van der Waals surface area (Å²) in [5, 5.41) is 0. The fourth-order valence-corrected chi connectivity index (χ4v) is 10.0. The topological polar surface area (TPSA) is 43.4 Å². The number of hydrogen-bond acceptors (Lipinski definition) is 5. The second-order valence-electron chi connectivity index (χ2n) is 12.8. The van der Waals surface area contributed by atoms with E-state index in [1.54, 1.807) is 5.57 Å². The summed E-state index contributed by atoms with van der Waals surface area (Å²) >= 11 is 0. The smallest absolute Gasteiger partial charge is 0.317 e. The molecule has 0 amide bonds. The Morgan fingerprint density at radius 3 is 2.71 bits per heavy atom. The minimum Gasteiger partial charge on any atom is -0.461 e. The number of unbranched alkanes of at least 4 members (excludes halogenated alkanes) is 1. The van der Waals surface area contributed by atoms with Crippen molar-refractivity contribution in [2.45, 2.75) is 111 Å². The van der Waals surface area contributed by atoms with E-state index in [0.29, 0.717) is 22.3 Å². The molecule has 7 atom stereocenters. The molecule has 4 rings (SSSR count). The minimum atomic E-state index is -0.130. The van der Waals surface area contributed by atoms with Crippen LogP contribution in [-0.4, -0.2) is 29.9 Å². The Morgan fingerprint density at radius 1 is 1.11 bits per heavy atom. The number of carbonyl (C=O) groups excluding carboxylic acids is 2. The van der Waals surface area contributed by atoms with Crippen LogP contribution in [-0.2, 0) is 14.3 Å². The van der Waals surface area contributed by atoms with Crippen LogP contribution in [0.4, 0.5) is 0 Å². The molecule has 0 aliphatic heterocycles. The minimum absolute atomic E-state index is 0.0330. The van der Waals surface area contributed by atoms with E-state index in [0.717, 1.165) is 55.1 Å². The van der Waals surface area contributed by atoms with Crippen molar-refractivity contribution in [3.8, 4) is 0 Å². The average molecular weight is 521 g/mol. The molecule has 3 fully saturated rings. The second kappa shape index (κ2) is 12.0. The van der Waals surface area contributed by atoms with Crippen LogP contribution in [0.5, 0.6) is 0 Å². The maximum Gasteiger partial charge on any atom is 0.317 e. The second-order valence-corrected chi connectivity index (χ2v) is 15.3. The lowest BCUT2D eigenvalue weighted by Crippen LogP contribution is -2.50. The molecule has 7 unspecified atom stereocenters. The Labute approximate surface area is 222 Å². The number of carbonyl (C=O) groups is 2. The lowest BCUT2D eigenvalue weighted by Gasteiger charge is -2.58. The molecule has 0 aromatic carbocycles. The number of ether oxygens (including phenoxy) is 1. The summed E-state index contributed by atoms with van der Waals surface area (Å²) in [7, 11) is 2.85. The van der Waals surface area contributed by atoms with Gasteiger partial charge in [-0.2, -0.15) is 0 Å². The first-order chi connectivity index (χ1) is 16.8. The van der Waals surface area contributed by atoms with E-state index in [1.165, 1.54) is 79.4 Å². The van der Waals surface area contributed by atoms with Gasteiger partial charge in [-0.3, -0.25) is 4.79 Å². The van der Waals surface area contributed by atoms with Crippen molar-refractivity contribution >= 4 is 33.8 Å². The van der Waals surface area contributed by atoms with Crippen LogP contribution in [0.2, 0.25) is 0 Å². The van der Waals surface area contributed by atoms with Gasteiger partial charge in [-0.05, 0) is 91.8 Å². The van der Waals surface area contributed by atoms with E-state index in [4.69, 9.17) is 4.74 Å². The average Bonchev–Trinajstić information content (AvgIpc) is 3.16. The van der Waals surface area contributed by atoms with Gasteiger partial charge in [-0.25, -0.2) is 0 Å². The Balaban J connectivity index is 1.34. The molecule has 4 aliphatic rings. The molecule has 4 aliphatic carbocycles. The molecule has 0 spiro atoms. The highest BCUT2D eigenvalue weighted by molar-refractivity contribution is 8.77. The van der Waals surface area contributed by atoms with Gasteiger partial charge in [0, 0.05) is 6.42 Å². The van der Waals surface area contributed by atoms with Crippen molar-refractivity contribution in [1.29, 1.82) is 0 Å². The quantitative estimate of drug-likeness (QED) is 0.0901. The van der Waals surface area contributed by atoms with Gasteiger partial charge >= 0.3 is 5.97 Å². The van der Waals surface area contributed by atoms with Gasteiger partial charge in [0.25, 0.3) is 0 Å². The third kappa shape index (κ3) is 6.02. The maximum atomic E-state index is 12.3. The van der Waals surface area contributed by atoms with Crippen LogP contribution in [0.15, 0.2) is 11.6 Å². The monoisotopic (exact) mass is 520 g/mol. The Morgan fingerprint density at radius 2 is 1.94 bits per heavy atom. The van der Waals surface area contributed by atoms with Gasteiger partial charge in [0.1, 0.15) is 18.1 Å². The number of rotatable bonds is 11. The van der Waals surface area contributed by atoms with E-state index in [2.05, 4.69) is 33.8 Å². The summed E-state index contributed by atoms with van der Waals surface area (Å²) in [6.45, 7) is 9.92. The highest BCUT2D eigenvalue weighted by Gasteiger charge is 2.58. The Hall–Kier alpha value is -0.420. The molecule has 0 heterocycles. The first kappa shape index (κ1) is 27.6. The molecular formula is C30H48O3S2. The van der Waals surface area contributed by atoms with E-state index in [-0.39, 0.29) is 12.1 Å². The van der Waals surface area contributed by atoms with Crippen LogP contribution in [0.1, 0.15) is 105 Å². The van der Waals surface area contributed by atoms with Crippen molar-refractivity contribution in [3.63, 3.8) is 0 Å². The molecule has 35 heavy (non-hydrogen) atoms. The van der Waals surface area contributed by atoms with Crippen molar-refractivity contribution < 1.29 is 14.3 Å². The van der Waals surface area contributed by atoms with Crippen molar-refractivity contribution in [2.75, 3.05) is 11.5 Å². The van der Waals surface area contributed by atoms with E-state index in [9.17, 15) is 9.59 Å².